The second-order valence-corrected chi connectivity index (χ2v) is 5.66. The summed E-state index contributed by atoms with van der Waals surface area (Å²) in [6, 6.07) is 5.34. The van der Waals surface area contributed by atoms with Crippen molar-refractivity contribution in [3.05, 3.63) is 32.4 Å². The average molecular weight is 366 g/mol. The molecule has 1 amide bonds. The van der Waals surface area contributed by atoms with E-state index >= 15 is 0 Å². The SMILES string of the molecule is C[C@@H]1CN(C(=O)c2ccc(Cl)cc2I)CCO1. The van der Waals surface area contributed by atoms with Crippen molar-refractivity contribution >= 4 is 40.1 Å². The summed E-state index contributed by atoms with van der Waals surface area (Å²) in [6.45, 7) is 3.89. The minimum absolute atomic E-state index is 0.0567. The first-order valence-corrected chi connectivity index (χ1v) is 6.89. The standard InChI is InChI=1S/C12H13ClINO2/c1-8-7-15(4-5-17-8)12(16)10-3-2-9(13)6-11(10)14/h2-3,6,8H,4-5,7H2,1H3/t8-/m1/s1. The molecule has 1 heterocycles. The maximum absolute atomic E-state index is 12.3. The summed E-state index contributed by atoms with van der Waals surface area (Å²) in [7, 11) is 0. The van der Waals surface area contributed by atoms with Crippen molar-refractivity contribution in [2.45, 2.75) is 13.0 Å². The van der Waals surface area contributed by atoms with Crippen LogP contribution in [-0.2, 0) is 4.74 Å². The molecule has 1 saturated heterocycles. The van der Waals surface area contributed by atoms with Gasteiger partial charge in [-0.25, -0.2) is 0 Å². The van der Waals surface area contributed by atoms with Crippen molar-refractivity contribution in [1.29, 1.82) is 0 Å². The highest BCUT2D eigenvalue weighted by atomic mass is 127. The molecule has 1 atom stereocenters. The fraction of sp³-hybridized carbons (Fsp3) is 0.417. The molecule has 1 aliphatic rings. The van der Waals surface area contributed by atoms with E-state index in [1.165, 1.54) is 0 Å². The van der Waals surface area contributed by atoms with E-state index in [-0.39, 0.29) is 12.0 Å². The summed E-state index contributed by atoms with van der Waals surface area (Å²) in [4.78, 5) is 14.1. The summed E-state index contributed by atoms with van der Waals surface area (Å²) < 4.78 is 6.31. The van der Waals surface area contributed by atoms with Crippen LogP contribution >= 0.6 is 34.2 Å². The van der Waals surface area contributed by atoms with Crippen LogP contribution in [0.25, 0.3) is 0 Å². The number of carbonyl (C=O) groups is 1. The lowest BCUT2D eigenvalue weighted by molar-refractivity contribution is -0.0124. The van der Waals surface area contributed by atoms with Gasteiger partial charge in [0.15, 0.2) is 0 Å². The van der Waals surface area contributed by atoms with E-state index in [1.54, 1.807) is 18.2 Å². The lowest BCUT2D eigenvalue weighted by Crippen LogP contribution is -2.44. The predicted molar refractivity (Wildman–Crippen MR) is 75.5 cm³/mol. The van der Waals surface area contributed by atoms with Crippen LogP contribution in [0.15, 0.2) is 18.2 Å². The predicted octanol–water partition coefficient (Wildman–Crippen LogP) is 2.81. The summed E-state index contributed by atoms with van der Waals surface area (Å²) >= 11 is 8.02. The fourth-order valence-electron chi connectivity index (χ4n) is 1.84. The van der Waals surface area contributed by atoms with E-state index in [4.69, 9.17) is 16.3 Å². The van der Waals surface area contributed by atoms with Crippen LogP contribution in [0.4, 0.5) is 0 Å². The quantitative estimate of drug-likeness (QED) is 0.716. The molecule has 0 aromatic heterocycles. The highest BCUT2D eigenvalue weighted by Gasteiger charge is 2.23. The van der Waals surface area contributed by atoms with E-state index in [1.807, 2.05) is 11.8 Å². The van der Waals surface area contributed by atoms with Gasteiger partial charge in [0.05, 0.1) is 18.3 Å². The topological polar surface area (TPSA) is 29.5 Å². The van der Waals surface area contributed by atoms with Gasteiger partial charge in [-0.15, -0.1) is 0 Å². The molecular formula is C12H13ClINO2. The van der Waals surface area contributed by atoms with Gasteiger partial charge in [-0.05, 0) is 47.7 Å². The zero-order valence-electron chi connectivity index (χ0n) is 9.45. The third kappa shape index (κ3) is 3.11. The van der Waals surface area contributed by atoms with Crippen LogP contribution in [0.2, 0.25) is 5.02 Å². The number of carbonyl (C=O) groups excluding carboxylic acids is 1. The molecule has 3 nitrogen and oxygen atoms in total. The number of morpholine rings is 1. The highest BCUT2D eigenvalue weighted by molar-refractivity contribution is 14.1. The van der Waals surface area contributed by atoms with Crippen LogP contribution in [0, 0.1) is 3.57 Å². The Kier molecular flexibility index (Phi) is 4.27. The number of benzene rings is 1. The van der Waals surface area contributed by atoms with Gasteiger partial charge in [0, 0.05) is 21.7 Å². The molecule has 1 aromatic carbocycles. The number of hydrogen-bond acceptors (Lipinski definition) is 2. The molecule has 0 radical (unpaired) electrons. The Bertz CT molecular complexity index is 439. The number of ether oxygens (including phenoxy) is 1. The van der Waals surface area contributed by atoms with Crippen LogP contribution in [-0.4, -0.2) is 36.6 Å². The summed E-state index contributed by atoms with van der Waals surface area (Å²) in [5.41, 5.74) is 0.712. The Labute approximate surface area is 119 Å². The zero-order valence-corrected chi connectivity index (χ0v) is 12.4. The Morgan fingerprint density at radius 2 is 2.35 bits per heavy atom. The third-order valence-electron chi connectivity index (χ3n) is 2.69. The Balaban J connectivity index is 2.18. The molecule has 0 N–H and O–H groups in total. The molecule has 1 aromatic rings. The van der Waals surface area contributed by atoms with Gasteiger partial charge in [0.1, 0.15) is 0 Å². The number of amides is 1. The zero-order chi connectivity index (χ0) is 12.4. The van der Waals surface area contributed by atoms with Crippen molar-refractivity contribution in [1.82, 2.24) is 4.90 Å². The molecule has 0 bridgehead atoms. The van der Waals surface area contributed by atoms with Crippen molar-refractivity contribution < 1.29 is 9.53 Å². The molecule has 1 aliphatic heterocycles. The normalized spacial score (nSPS) is 20.4. The molecule has 0 spiro atoms. The molecule has 0 unspecified atom stereocenters. The van der Waals surface area contributed by atoms with Gasteiger partial charge >= 0.3 is 0 Å². The lowest BCUT2D eigenvalue weighted by Gasteiger charge is -2.31. The summed E-state index contributed by atoms with van der Waals surface area (Å²) in [5.74, 6) is 0.0567. The van der Waals surface area contributed by atoms with Gasteiger partial charge in [0.25, 0.3) is 5.91 Å². The van der Waals surface area contributed by atoms with Crippen molar-refractivity contribution in [3.8, 4) is 0 Å². The number of rotatable bonds is 1. The van der Waals surface area contributed by atoms with E-state index in [9.17, 15) is 4.79 Å². The van der Waals surface area contributed by atoms with E-state index < -0.39 is 0 Å². The first-order chi connectivity index (χ1) is 8.08. The Morgan fingerprint density at radius 1 is 1.59 bits per heavy atom. The number of nitrogens with zero attached hydrogens (tertiary/aromatic N) is 1. The number of hydrogen-bond donors (Lipinski definition) is 0. The van der Waals surface area contributed by atoms with Gasteiger partial charge in [-0.3, -0.25) is 4.79 Å². The first kappa shape index (κ1) is 13.1. The monoisotopic (exact) mass is 365 g/mol. The Morgan fingerprint density at radius 3 is 3.00 bits per heavy atom. The van der Waals surface area contributed by atoms with Gasteiger partial charge in [-0.1, -0.05) is 11.6 Å². The van der Waals surface area contributed by atoms with Crippen molar-refractivity contribution in [2.24, 2.45) is 0 Å². The third-order valence-corrected chi connectivity index (χ3v) is 3.82. The van der Waals surface area contributed by atoms with Gasteiger partial charge in [0.2, 0.25) is 0 Å². The molecule has 17 heavy (non-hydrogen) atoms. The fourth-order valence-corrected chi connectivity index (χ4v) is 2.94. The lowest BCUT2D eigenvalue weighted by atomic mass is 10.2. The van der Waals surface area contributed by atoms with E-state index in [0.29, 0.717) is 30.3 Å². The first-order valence-electron chi connectivity index (χ1n) is 5.44. The molecule has 2 rings (SSSR count). The molecule has 5 heteroatoms. The van der Waals surface area contributed by atoms with Crippen molar-refractivity contribution in [3.63, 3.8) is 0 Å². The van der Waals surface area contributed by atoms with Gasteiger partial charge < -0.3 is 9.64 Å². The second kappa shape index (κ2) is 5.54. The molecular weight excluding hydrogens is 352 g/mol. The van der Waals surface area contributed by atoms with E-state index in [0.717, 1.165) is 3.57 Å². The van der Waals surface area contributed by atoms with E-state index in [2.05, 4.69) is 22.6 Å². The molecule has 0 aliphatic carbocycles. The van der Waals surface area contributed by atoms with Crippen LogP contribution < -0.4 is 0 Å². The smallest absolute Gasteiger partial charge is 0.255 e. The van der Waals surface area contributed by atoms with Crippen LogP contribution in [0.5, 0.6) is 0 Å². The minimum Gasteiger partial charge on any atom is -0.375 e. The summed E-state index contributed by atoms with van der Waals surface area (Å²) in [6.07, 6.45) is 0.109. The highest BCUT2D eigenvalue weighted by Crippen LogP contribution is 2.20. The second-order valence-electron chi connectivity index (χ2n) is 4.06. The Hall–Kier alpha value is -0.330. The number of halogens is 2. The molecule has 1 fully saturated rings. The van der Waals surface area contributed by atoms with Crippen LogP contribution in [0.1, 0.15) is 17.3 Å². The largest absolute Gasteiger partial charge is 0.375 e. The summed E-state index contributed by atoms with van der Waals surface area (Å²) in [5, 5.41) is 0.654. The molecule has 0 saturated carbocycles. The average Bonchev–Trinajstić information content (AvgIpc) is 2.28. The maximum atomic E-state index is 12.3. The maximum Gasteiger partial charge on any atom is 0.255 e. The van der Waals surface area contributed by atoms with Crippen molar-refractivity contribution in [2.75, 3.05) is 19.7 Å². The minimum atomic E-state index is 0.0567. The van der Waals surface area contributed by atoms with Crippen LogP contribution in [0.3, 0.4) is 0 Å². The molecule has 92 valence electrons. The van der Waals surface area contributed by atoms with Gasteiger partial charge in [-0.2, -0.15) is 0 Å².